The first-order valence-electron chi connectivity index (χ1n) is 9.47. The van der Waals surface area contributed by atoms with Gasteiger partial charge in [0, 0.05) is 18.1 Å². The molecule has 7 nitrogen and oxygen atoms in total. The number of carbonyl (C=O) groups excluding carboxylic acids is 2. The molecule has 1 aliphatic rings. The Morgan fingerprint density at radius 2 is 1.78 bits per heavy atom. The van der Waals surface area contributed by atoms with Crippen LogP contribution in [0, 0.1) is 0 Å². The molecule has 7 heteroatoms. The van der Waals surface area contributed by atoms with Gasteiger partial charge in [0.1, 0.15) is 6.54 Å². The van der Waals surface area contributed by atoms with Crippen LogP contribution in [0.4, 0.5) is 0 Å². The van der Waals surface area contributed by atoms with Crippen molar-refractivity contribution in [3.8, 4) is 0 Å². The Morgan fingerprint density at radius 3 is 2.59 bits per heavy atom. The second kappa shape index (κ2) is 9.32. The molecular weight excluding hydrogens is 344 g/mol. The lowest BCUT2D eigenvalue weighted by atomic mass is 10.2. The fourth-order valence-corrected chi connectivity index (χ4v) is 3.34. The van der Waals surface area contributed by atoms with Crippen LogP contribution in [0.2, 0.25) is 0 Å². The van der Waals surface area contributed by atoms with E-state index in [1.54, 1.807) is 24.4 Å². The Balaban J connectivity index is 1.39. The first-order valence-corrected chi connectivity index (χ1v) is 9.47. The van der Waals surface area contributed by atoms with Gasteiger partial charge in [0.25, 0.3) is 5.56 Å². The van der Waals surface area contributed by atoms with Gasteiger partial charge in [-0.1, -0.05) is 18.2 Å². The molecule has 0 bridgehead atoms. The highest BCUT2D eigenvalue weighted by molar-refractivity contribution is 5.85. The molecule has 3 rings (SSSR count). The number of benzene rings is 1. The van der Waals surface area contributed by atoms with E-state index in [4.69, 9.17) is 0 Å². The van der Waals surface area contributed by atoms with E-state index in [9.17, 15) is 14.4 Å². The third-order valence-corrected chi connectivity index (χ3v) is 4.82. The Hall–Kier alpha value is -2.67. The number of hydrogen-bond acceptors (Lipinski definition) is 4. The third-order valence-electron chi connectivity index (χ3n) is 4.82. The Labute approximate surface area is 158 Å². The van der Waals surface area contributed by atoms with Gasteiger partial charge in [-0.2, -0.15) is 0 Å². The lowest BCUT2D eigenvalue weighted by Gasteiger charge is -2.14. The van der Waals surface area contributed by atoms with Crippen LogP contribution in [0.15, 0.2) is 41.3 Å². The van der Waals surface area contributed by atoms with Crippen molar-refractivity contribution in [1.29, 1.82) is 0 Å². The van der Waals surface area contributed by atoms with Gasteiger partial charge in [0.05, 0.1) is 6.54 Å². The van der Waals surface area contributed by atoms with E-state index >= 15 is 0 Å². The molecule has 1 aromatic carbocycles. The van der Waals surface area contributed by atoms with Gasteiger partial charge in [-0.25, -0.2) is 0 Å². The molecule has 2 N–H and O–H groups in total. The monoisotopic (exact) mass is 370 g/mol. The standard InChI is InChI=1S/C20H26N4O3/c25-18(21-9-5-12-23-10-3-4-11-23)14-22-19(26)15-24-13-8-16-6-1-2-7-17(16)20(24)27/h1-2,6-8,13H,3-5,9-12,14-15H2,(H,21,25)(H,22,26). The number of hydrogen-bond donors (Lipinski definition) is 2. The fraction of sp³-hybridized carbons (Fsp3) is 0.450. The van der Waals surface area contributed by atoms with E-state index in [-0.39, 0.29) is 30.5 Å². The van der Waals surface area contributed by atoms with Crippen LogP contribution in [-0.2, 0) is 16.1 Å². The van der Waals surface area contributed by atoms with Crippen LogP contribution in [0.1, 0.15) is 19.3 Å². The van der Waals surface area contributed by atoms with E-state index in [1.807, 2.05) is 12.1 Å². The van der Waals surface area contributed by atoms with Crippen LogP contribution >= 0.6 is 0 Å². The summed E-state index contributed by atoms with van der Waals surface area (Å²) >= 11 is 0. The maximum absolute atomic E-state index is 12.4. The number of nitrogens with zero attached hydrogens (tertiary/aromatic N) is 2. The molecule has 0 spiro atoms. The van der Waals surface area contributed by atoms with Crippen molar-refractivity contribution in [2.75, 3.05) is 32.7 Å². The molecule has 27 heavy (non-hydrogen) atoms. The summed E-state index contributed by atoms with van der Waals surface area (Å²) in [5.74, 6) is -0.574. The molecule has 0 atom stereocenters. The molecular formula is C20H26N4O3. The zero-order valence-corrected chi connectivity index (χ0v) is 15.4. The number of aromatic nitrogens is 1. The summed E-state index contributed by atoms with van der Waals surface area (Å²) in [4.78, 5) is 38.7. The number of fused-ring (bicyclic) bond motifs is 1. The SMILES string of the molecule is O=C(CNC(=O)Cn1ccc2ccccc2c1=O)NCCCN1CCCC1. The Bertz CT molecular complexity index is 856. The van der Waals surface area contributed by atoms with Gasteiger partial charge >= 0.3 is 0 Å². The average molecular weight is 370 g/mol. The number of likely N-dealkylation sites (tertiary alicyclic amines) is 1. The predicted octanol–water partition coefficient (Wildman–Crippen LogP) is 0.720. The minimum Gasteiger partial charge on any atom is -0.355 e. The maximum Gasteiger partial charge on any atom is 0.258 e. The van der Waals surface area contributed by atoms with Crippen molar-refractivity contribution >= 4 is 22.6 Å². The predicted molar refractivity (Wildman–Crippen MR) is 105 cm³/mol. The number of rotatable bonds is 8. The zero-order chi connectivity index (χ0) is 19.1. The molecule has 0 unspecified atom stereocenters. The van der Waals surface area contributed by atoms with E-state index in [0.717, 1.165) is 31.4 Å². The van der Waals surface area contributed by atoms with Gasteiger partial charge in [-0.15, -0.1) is 0 Å². The zero-order valence-electron chi connectivity index (χ0n) is 15.4. The lowest BCUT2D eigenvalue weighted by Crippen LogP contribution is -2.40. The molecule has 144 valence electrons. The van der Waals surface area contributed by atoms with Crippen molar-refractivity contribution in [2.45, 2.75) is 25.8 Å². The summed E-state index contributed by atoms with van der Waals surface area (Å²) in [6, 6.07) is 9.05. The molecule has 0 radical (unpaired) electrons. The average Bonchev–Trinajstić information content (AvgIpc) is 3.19. The van der Waals surface area contributed by atoms with E-state index in [0.29, 0.717) is 11.9 Å². The maximum atomic E-state index is 12.4. The molecule has 1 saturated heterocycles. The summed E-state index contributed by atoms with van der Waals surface area (Å²) in [5.41, 5.74) is -0.213. The Morgan fingerprint density at radius 1 is 1.00 bits per heavy atom. The van der Waals surface area contributed by atoms with Gasteiger partial charge < -0.3 is 20.1 Å². The van der Waals surface area contributed by atoms with Crippen molar-refractivity contribution in [3.63, 3.8) is 0 Å². The van der Waals surface area contributed by atoms with Gasteiger partial charge in [-0.05, 0) is 56.4 Å². The molecule has 1 aromatic heterocycles. The number of nitrogens with one attached hydrogen (secondary N) is 2. The molecule has 2 amide bonds. The van der Waals surface area contributed by atoms with Gasteiger partial charge in [-0.3, -0.25) is 14.4 Å². The topological polar surface area (TPSA) is 83.4 Å². The molecule has 1 fully saturated rings. The Kier molecular flexibility index (Phi) is 6.59. The van der Waals surface area contributed by atoms with Crippen molar-refractivity contribution in [3.05, 3.63) is 46.9 Å². The highest BCUT2D eigenvalue weighted by Crippen LogP contribution is 2.08. The fourth-order valence-electron chi connectivity index (χ4n) is 3.34. The largest absolute Gasteiger partial charge is 0.355 e. The molecule has 2 heterocycles. The van der Waals surface area contributed by atoms with Crippen LogP contribution < -0.4 is 16.2 Å². The van der Waals surface area contributed by atoms with Crippen molar-refractivity contribution < 1.29 is 9.59 Å². The summed E-state index contributed by atoms with van der Waals surface area (Å²) in [6.45, 7) is 3.72. The van der Waals surface area contributed by atoms with E-state index in [1.165, 1.54) is 17.4 Å². The smallest absolute Gasteiger partial charge is 0.258 e. The van der Waals surface area contributed by atoms with Crippen molar-refractivity contribution in [1.82, 2.24) is 20.1 Å². The number of amides is 2. The minimum absolute atomic E-state index is 0.0785. The van der Waals surface area contributed by atoms with Gasteiger partial charge in [0.15, 0.2) is 0 Å². The quantitative estimate of drug-likeness (QED) is 0.671. The summed E-state index contributed by atoms with van der Waals surface area (Å²) < 4.78 is 1.35. The van der Waals surface area contributed by atoms with Crippen LogP contribution in [-0.4, -0.2) is 54.0 Å². The minimum atomic E-state index is -0.361. The van der Waals surface area contributed by atoms with Crippen LogP contribution in [0.25, 0.3) is 10.8 Å². The highest BCUT2D eigenvalue weighted by Gasteiger charge is 2.11. The number of pyridine rings is 1. The van der Waals surface area contributed by atoms with Crippen LogP contribution in [0.3, 0.4) is 0 Å². The summed E-state index contributed by atoms with van der Waals surface area (Å²) in [7, 11) is 0. The molecule has 2 aromatic rings. The second-order valence-electron chi connectivity index (χ2n) is 6.87. The van der Waals surface area contributed by atoms with Crippen LogP contribution in [0.5, 0.6) is 0 Å². The summed E-state index contributed by atoms with van der Waals surface area (Å²) in [6.07, 6.45) is 5.03. The normalized spacial score (nSPS) is 14.4. The first kappa shape index (κ1) is 19.1. The molecule has 0 saturated carbocycles. The van der Waals surface area contributed by atoms with E-state index < -0.39 is 0 Å². The van der Waals surface area contributed by atoms with Gasteiger partial charge in [0.2, 0.25) is 11.8 Å². The van der Waals surface area contributed by atoms with E-state index in [2.05, 4.69) is 15.5 Å². The highest BCUT2D eigenvalue weighted by atomic mass is 16.2. The molecule has 1 aliphatic heterocycles. The lowest BCUT2D eigenvalue weighted by molar-refractivity contribution is -0.126. The summed E-state index contributed by atoms with van der Waals surface area (Å²) in [5, 5.41) is 6.79. The third kappa shape index (κ3) is 5.40. The van der Waals surface area contributed by atoms with Crippen molar-refractivity contribution in [2.24, 2.45) is 0 Å². The number of carbonyl (C=O) groups is 2. The molecule has 0 aliphatic carbocycles. The second-order valence-corrected chi connectivity index (χ2v) is 6.87. The first-order chi connectivity index (χ1) is 13.1.